The Bertz CT molecular complexity index is 614. The lowest BCUT2D eigenvalue weighted by Gasteiger charge is -2.20. The molecule has 1 N–H and O–H groups in total. The Morgan fingerprint density at radius 3 is 2.52 bits per heavy atom. The van der Waals surface area contributed by atoms with E-state index in [2.05, 4.69) is 5.32 Å². The third-order valence-corrected chi connectivity index (χ3v) is 4.32. The zero-order valence-corrected chi connectivity index (χ0v) is 15.0. The maximum absolute atomic E-state index is 12.2. The molecule has 6 nitrogen and oxygen atoms in total. The molecule has 0 atom stereocenters. The van der Waals surface area contributed by atoms with E-state index in [1.165, 1.54) is 4.31 Å². The molecule has 1 aromatic carbocycles. The van der Waals surface area contributed by atoms with Crippen LogP contribution in [0.25, 0.3) is 0 Å². The fourth-order valence-electron chi connectivity index (χ4n) is 1.97. The van der Waals surface area contributed by atoms with Crippen molar-refractivity contribution in [3.63, 3.8) is 0 Å². The minimum absolute atomic E-state index is 0.0230. The monoisotopic (exact) mass is 342 g/mol. The molecule has 0 aliphatic rings. The number of anilines is 1. The van der Waals surface area contributed by atoms with Gasteiger partial charge < -0.3 is 10.1 Å². The Morgan fingerprint density at radius 1 is 1.30 bits per heavy atom. The fraction of sp³-hybridized carbons (Fsp3) is 0.562. The molecule has 0 saturated heterocycles. The molecule has 130 valence electrons. The van der Waals surface area contributed by atoms with E-state index in [1.54, 1.807) is 18.2 Å². The van der Waals surface area contributed by atoms with Crippen molar-refractivity contribution in [2.24, 2.45) is 0 Å². The molecule has 0 fully saturated rings. The van der Waals surface area contributed by atoms with Gasteiger partial charge in [0.1, 0.15) is 5.75 Å². The van der Waals surface area contributed by atoms with Crippen molar-refractivity contribution in [2.75, 3.05) is 24.7 Å². The summed E-state index contributed by atoms with van der Waals surface area (Å²) in [6.07, 6.45) is 2.67. The average molecular weight is 342 g/mol. The van der Waals surface area contributed by atoms with Crippen LogP contribution in [0.5, 0.6) is 5.75 Å². The molecule has 0 saturated carbocycles. The summed E-state index contributed by atoms with van der Waals surface area (Å²) in [6.45, 7) is 5.91. The first-order valence-electron chi connectivity index (χ1n) is 7.74. The molecule has 1 rings (SSSR count). The van der Waals surface area contributed by atoms with Gasteiger partial charge >= 0.3 is 0 Å². The highest BCUT2D eigenvalue weighted by atomic mass is 32.2. The summed E-state index contributed by atoms with van der Waals surface area (Å²) in [5.74, 6) is 0.182. The highest BCUT2D eigenvalue weighted by Crippen LogP contribution is 2.24. The van der Waals surface area contributed by atoms with Crippen molar-refractivity contribution in [2.45, 2.75) is 39.7 Å². The van der Waals surface area contributed by atoms with Crippen LogP contribution in [0, 0.1) is 0 Å². The van der Waals surface area contributed by atoms with Crippen LogP contribution in [0.4, 0.5) is 5.69 Å². The van der Waals surface area contributed by atoms with Crippen molar-refractivity contribution >= 4 is 21.6 Å². The van der Waals surface area contributed by atoms with Crippen LogP contribution in [-0.4, -0.2) is 44.1 Å². The Kier molecular flexibility index (Phi) is 7.51. The molecule has 0 unspecified atom stereocenters. The van der Waals surface area contributed by atoms with E-state index in [0.717, 1.165) is 12.7 Å². The molecule has 0 aliphatic heterocycles. The van der Waals surface area contributed by atoms with Crippen LogP contribution >= 0.6 is 0 Å². The summed E-state index contributed by atoms with van der Waals surface area (Å²) >= 11 is 0. The number of ether oxygens (including phenoxy) is 1. The summed E-state index contributed by atoms with van der Waals surface area (Å²) in [6, 6.07) is 7.10. The Labute approximate surface area is 138 Å². The van der Waals surface area contributed by atoms with Gasteiger partial charge in [-0.25, -0.2) is 8.42 Å². The second-order valence-corrected chi connectivity index (χ2v) is 7.64. The molecule has 1 aromatic rings. The smallest absolute Gasteiger partial charge is 0.239 e. The maximum atomic E-state index is 12.2. The van der Waals surface area contributed by atoms with Gasteiger partial charge in [0.2, 0.25) is 15.9 Å². The fourth-order valence-corrected chi connectivity index (χ4v) is 2.79. The highest BCUT2D eigenvalue weighted by Gasteiger charge is 2.20. The van der Waals surface area contributed by atoms with Gasteiger partial charge in [0.15, 0.2) is 0 Å². The Hall–Kier alpha value is -1.60. The number of amides is 1. The molecule has 1 amide bonds. The first-order valence-corrected chi connectivity index (χ1v) is 9.59. The largest absolute Gasteiger partial charge is 0.489 e. The minimum Gasteiger partial charge on any atom is -0.489 e. The van der Waals surface area contributed by atoms with Crippen molar-refractivity contribution in [1.82, 2.24) is 4.31 Å². The lowest BCUT2D eigenvalue weighted by atomic mass is 10.3. The summed E-state index contributed by atoms with van der Waals surface area (Å²) in [5.41, 5.74) is 0.537. The van der Waals surface area contributed by atoms with E-state index in [1.807, 2.05) is 26.8 Å². The number of unbranched alkanes of at least 4 members (excludes halogenated alkanes) is 1. The molecular weight excluding hydrogens is 316 g/mol. The number of carbonyl (C=O) groups excluding carboxylic acids is 1. The first kappa shape index (κ1) is 19.4. The lowest BCUT2D eigenvalue weighted by molar-refractivity contribution is -0.116. The number of para-hydroxylation sites is 2. The molecule has 0 bridgehead atoms. The van der Waals surface area contributed by atoms with Gasteiger partial charge in [0.05, 0.1) is 24.6 Å². The predicted molar refractivity (Wildman–Crippen MR) is 92.2 cm³/mol. The quantitative estimate of drug-likeness (QED) is 0.748. The molecule has 0 aliphatic carbocycles. The van der Waals surface area contributed by atoms with E-state index in [9.17, 15) is 13.2 Å². The van der Waals surface area contributed by atoms with Crippen LogP contribution in [0.3, 0.4) is 0 Å². The average Bonchev–Trinajstić information content (AvgIpc) is 2.43. The number of nitrogens with one attached hydrogen (secondary N) is 1. The third kappa shape index (κ3) is 7.00. The van der Waals surface area contributed by atoms with Crippen LogP contribution in [0.2, 0.25) is 0 Å². The van der Waals surface area contributed by atoms with Crippen molar-refractivity contribution < 1.29 is 17.9 Å². The van der Waals surface area contributed by atoms with Crippen LogP contribution < -0.4 is 10.1 Å². The summed E-state index contributed by atoms with van der Waals surface area (Å²) in [5, 5.41) is 2.72. The minimum atomic E-state index is -3.41. The summed E-state index contributed by atoms with van der Waals surface area (Å²) in [7, 11) is -3.41. The van der Waals surface area contributed by atoms with Gasteiger partial charge in [-0.15, -0.1) is 0 Å². The van der Waals surface area contributed by atoms with Gasteiger partial charge in [-0.05, 0) is 32.4 Å². The molecule has 0 spiro atoms. The van der Waals surface area contributed by atoms with Crippen LogP contribution in [0.15, 0.2) is 24.3 Å². The Morgan fingerprint density at radius 2 is 1.96 bits per heavy atom. The molecule has 23 heavy (non-hydrogen) atoms. The van der Waals surface area contributed by atoms with Crippen LogP contribution in [0.1, 0.15) is 33.6 Å². The standard InChI is InChI=1S/C16H26N2O4S/c1-5-6-11-18(23(4,20)21)12-16(19)17-14-9-7-8-10-15(14)22-13(2)3/h7-10,13H,5-6,11-12H2,1-4H3,(H,17,19). The Balaban J connectivity index is 2.79. The lowest BCUT2D eigenvalue weighted by Crippen LogP contribution is -2.38. The SMILES string of the molecule is CCCCN(CC(=O)Nc1ccccc1OC(C)C)S(C)(=O)=O. The second-order valence-electron chi connectivity index (χ2n) is 5.66. The number of hydrogen-bond donors (Lipinski definition) is 1. The number of carbonyl (C=O) groups is 1. The van der Waals surface area contributed by atoms with E-state index in [-0.39, 0.29) is 18.6 Å². The number of nitrogens with zero attached hydrogens (tertiary/aromatic N) is 1. The molecule has 0 heterocycles. The predicted octanol–water partition coefficient (Wildman–Crippen LogP) is 2.47. The number of hydrogen-bond acceptors (Lipinski definition) is 4. The molecule has 7 heteroatoms. The molecule has 0 radical (unpaired) electrons. The van der Waals surface area contributed by atoms with Crippen molar-refractivity contribution in [3.05, 3.63) is 24.3 Å². The van der Waals surface area contributed by atoms with Gasteiger partial charge in [-0.3, -0.25) is 4.79 Å². The third-order valence-electron chi connectivity index (χ3n) is 3.07. The number of benzene rings is 1. The normalized spacial score (nSPS) is 11.7. The molecule has 0 aromatic heterocycles. The number of sulfonamides is 1. The first-order chi connectivity index (χ1) is 10.7. The summed E-state index contributed by atoms with van der Waals surface area (Å²) < 4.78 is 30.3. The zero-order chi connectivity index (χ0) is 17.5. The van der Waals surface area contributed by atoms with Crippen LogP contribution in [-0.2, 0) is 14.8 Å². The van der Waals surface area contributed by atoms with E-state index in [0.29, 0.717) is 24.4 Å². The highest BCUT2D eigenvalue weighted by molar-refractivity contribution is 7.88. The number of rotatable bonds is 9. The zero-order valence-electron chi connectivity index (χ0n) is 14.2. The van der Waals surface area contributed by atoms with Gasteiger partial charge in [-0.1, -0.05) is 25.5 Å². The van der Waals surface area contributed by atoms with E-state index in [4.69, 9.17) is 4.74 Å². The van der Waals surface area contributed by atoms with Crippen molar-refractivity contribution in [1.29, 1.82) is 0 Å². The van der Waals surface area contributed by atoms with Crippen molar-refractivity contribution in [3.8, 4) is 5.75 Å². The van der Waals surface area contributed by atoms with Gasteiger partial charge in [0.25, 0.3) is 0 Å². The summed E-state index contributed by atoms with van der Waals surface area (Å²) in [4.78, 5) is 12.2. The van der Waals surface area contributed by atoms with E-state index >= 15 is 0 Å². The molecular formula is C16H26N2O4S. The topological polar surface area (TPSA) is 75.7 Å². The van der Waals surface area contributed by atoms with Gasteiger partial charge in [-0.2, -0.15) is 4.31 Å². The second kappa shape index (κ2) is 8.88. The van der Waals surface area contributed by atoms with Gasteiger partial charge in [0, 0.05) is 6.54 Å². The maximum Gasteiger partial charge on any atom is 0.239 e. The van der Waals surface area contributed by atoms with E-state index < -0.39 is 10.0 Å².